The molecule has 0 radical (unpaired) electrons. The van der Waals surface area contributed by atoms with E-state index in [1.165, 1.54) is 0 Å². The maximum atomic E-state index is 13.2. The highest BCUT2D eigenvalue weighted by Crippen LogP contribution is 2.50. The third kappa shape index (κ3) is 7.60. The van der Waals surface area contributed by atoms with Gasteiger partial charge in [0.05, 0.1) is 0 Å². The minimum Gasteiger partial charge on any atom is -0.395 e. The molecule has 0 heterocycles. The van der Waals surface area contributed by atoms with E-state index in [9.17, 15) is 9.46 Å². The minimum atomic E-state index is -4.44. The van der Waals surface area contributed by atoms with E-state index < -0.39 is 7.82 Å². The van der Waals surface area contributed by atoms with Crippen LogP contribution in [-0.2, 0) is 26.2 Å². The standard InChI is InChI=1S/C28H43O4P.H3N/c1-25(2,3)19-13-15-23(21(17-19)27(7,8)9)31-33(29,30)32-24-16-14-20(26(4,5)6)18-22(24)28(10,11)12;/h13-18H,1-12H3,(H,29,30);1H3. The van der Waals surface area contributed by atoms with Crippen LogP contribution in [0.5, 0.6) is 11.5 Å². The van der Waals surface area contributed by atoms with Crippen LogP contribution < -0.4 is 15.2 Å². The monoisotopic (exact) mass is 491 g/mol. The molecule has 0 bridgehead atoms. The van der Waals surface area contributed by atoms with Gasteiger partial charge in [-0.2, -0.15) is 0 Å². The summed E-state index contributed by atoms with van der Waals surface area (Å²) in [4.78, 5) is 10.8. The van der Waals surface area contributed by atoms with Crippen LogP contribution in [0.4, 0.5) is 0 Å². The molecule has 0 unspecified atom stereocenters. The van der Waals surface area contributed by atoms with Gasteiger partial charge in [0.25, 0.3) is 0 Å². The van der Waals surface area contributed by atoms with E-state index in [1.54, 1.807) is 12.1 Å². The van der Waals surface area contributed by atoms with E-state index in [0.717, 1.165) is 22.3 Å². The summed E-state index contributed by atoms with van der Waals surface area (Å²) in [6, 6.07) is 11.6. The Morgan fingerprint density at radius 2 is 0.882 bits per heavy atom. The first kappa shape index (κ1) is 30.2. The second-order valence-corrected chi connectivity index (χ2v) is 14.4. The zero-order valence-electron chi connectivity index (χ0n) is 23.3. The second kappa shape index (κ2) is 9.68. The largest absolute Gasteiger partial charge is 0.584 e. The first-order valence-electron chi connectivity index (χ1n) is 11.6. The van der Waals surface area contributed by atoms with Crippen LogP contribution in [0.1, 0.15) is 105 Å². The van der Waals surface area contributed by atoms with Crippen molar-refractivity contribution in [2.45, 2.75) is 105 Å². The van der Waals surface area contributed by atoms with Crippen LogP contribution in [0.15, 0.2) is 36.4 Å². The van der Waals surface area contributed by atoms with Crippen molar-refractivity contribution in [3.63, 3.8) is 0 Å². The summed E-state index contributed by atoms with van der Waals surface area (Å²) in [6.45, 7) is 25.2. The van der Waals surface area contributed by atoms with Crippen LogP contribution in [-0.4, -0.2) is 4.89 Å². The maximum Gasteiger partial charge on any atom is 0.584 e. The average molecular weight is 492 g/mol. The predicted octanol–water partition coefficient (Wildman–Crippen LogP) is 8.60. The summed E-state index contributed by atoms with van der Waals surface area (Å²) < 4.78 is 24.6. The highest BCUT2D eigenvalue weighted by Gasteiger charge is 2.33. The SMILES string of the molecule is CC(C)(C)c1ccc(OP(=O)(O)Oc2ccc(C(C)(C)C)cc2C(C)(C)C)c(C(C)(C)C)c1.N. The molecule has 2 aromatic rings. The van der Waals surface area contributed by atoms with Gasteiger partial charge in [-0.25, -0.2) is 4.57 Å². The zero-order valence-corrected chi connectivity index (χ0v) is 24.2. The Morgan fingerprint density at radius 1 is 0.588 bits per heavy atom. The fourth-order valence-electron chi connectivity index (χ4n) is 3.59. The number of hydrogen-bond acceptors (Lipinski definition) is 4. The molecule has 0 aliphatic rings. The summed E-state index contributed by atoms with van der Waals surface area (Å²) in [5, 5.41) is 0. The molecule has 6 heteroatoms. The number of phosphoric acid groups is 1. The van der Waals surface area contributed by atoms with Crippen LogP contribution in [0, 0.1) is 0 Å². The Kier molecular flexibility index (Phi) is 8.60. The van der Waals surface area contributed by atoms with Crippen LogP contribution in [0.25, 0.3) is 0 Å². The highest BCUT2D eigenvalue weighted by atomic mass is 31.2. The molecule has 0 amide bonds. The second-order valence-electron chi connectivity index (χ2n) is 13.1. The Labute approximate surface area is 207 Å². The molecule has 0 spiro atoms. The van der Waals surface area contributed by atoms with Gasteiger partial charge in [0.15, 0.2) is 0 Å². The third-order valence-electron chi connectivity index (χ3n) is 5.73. The van der Waals surface area contributed by atoms with Gasteiger partial charge in [0, 0.05) is 11.1 Å². The molecule has 0 aromatic heterocycles. The molecule has 0 saturated heterocycles. The van der Waals surface area contributed by atoms with E-state index in [1.807, 2.05) is 12.1 Å². The fraction of sp³-hybridized carbons (Fsp3) is 0.571. The van der Waals surface area contributed by atoms with E-state index in [2.05, 4.69) is 95.2 Å². The molecule has 2 aromatic carbocycles. The molecule has 0 aliphatic carbocycles. The summed E-state index contributed by atoms with van der Waals surface area (Å²) in [6.07, 6.45) is 0. The first-order chi connectivity index (χ1) is 14.6. The van der Waals surface area contributed by atoms with Crippen molar-refractivity contribution in [1.82, 2.24) is 6.15 Å². The van der Waals surface area contributed by atoms with Gasteiger partial charge in [-0.05, 0) is 44.9 Å². The Hall–Kier alpha value is -1.81. The van der Waals surface area contributed by atoms with Gasteiger partial charge in [-0.15, -0.1) is 0 Å². The molecular weight excluding hydrogens is 445 g/mol. The Morgan fingerprint density at radius 3 is 1.12 bits per heavy atom. The lowest BCUT2D eigenvalue weighted by molar-refractivity contribution is 0.286. The van der Waals surface area contributed by atoms with Gasteiger partial charge in [0.2, 0.25) is 0 Å². The van der Waals surface area contributed by atoms with Crippen molar-refractivity contribution in [2.24, 2.45) is 0 Å². The van der Waals surface area contributed by atoms with E-state index >= 15 is 0 Å². The lowest BCUT2D eigenvalue weighted by Crippen LogP contribution is -2.18. The van der Waals surface area contributed by atoms with Gasteiger partial charge < -0.3 is 15.2 Å². The predicted molar refractivity (Wildman–Crippen MR) is 144 cm³/mol. The van der Waals surface area contributed by atoms with Gasteiger partial charge in [0.1, 0.15) is 11.5 Å². The van der Waals surface area contributed by atoms with E-state index in [0.29, 0.717) is 11.5 Å². The van der Waals surface area contributed by atoms with Gasteiger partial charge in [-0.1, -0.05) is 107 Å². The first-order valence-corrected chi connectivity index (χ1v) is 13.1. The van der Waals surface area contributed by atoms with Crippen LogP contribution in [0.3, 0.4) is 0 Å². The normalized spacial score (nSPS) is 13.3. The smallest absolute Gasteiger partial charge is 0.395 e. The highest BCUT2D eigenvalue weighted by molar-refractivity contribution is 7.48. The molecular formula is C28H46NO4P. The number of phosphoric ester groups is 1. The van der Waals surface area contributed by atoms with Crippen molar-refractivity contribution in [3.05, 3.63) is 58.7 Å². The van der Waals surface area contributed by atoms with E-state index in [-0.39, 0.29) is 27.8 Å². The molecule has 34 heavy (non-hydrogen) atoms. The molecule has 5 nitrogen and oxygen atoms in total. The summed E-state index contributed by atoms with van der Waals surface area (Å²) in [7, 11) is -4.44. The minimum absolute atomic E-state index is 0. The molecule has 0 fully saturated rings. The lowest BCUT2D eigenvalue weighted by Gasteiger charge is -2.29. The van der Waals surface area contributed by atoms with Gasteiger partial charge >= 0.3 is 7.82 Å². The van der Waals surface area contributed by atoms with Crippen molar-refractivity contribution in [1.29, 1.82) is 0 Å². The summed E-state index contributed by atoms with van der Waals surface area (Å²) in [5.74, 6) is 0.731. The molecule has 0 atom stereocenters. The number of benzene rings is 2. The quantitative estimate of drug-likeness (QED) is 0.418. The average Bonchev–Trinajstić information content (AvgIpc) is 2.57. The fourth-order valence-corrected chi connectivity index (χ4v) is 4.44. The van der Waals surface area contributed by atoms with Crippen molar-refractivity contribution >= 4 is 7.82 Å². The topological polar surface area (TPSA) is 90.8 Å². The summed E-state index contributed by atoms with van der Waals surface area (Å²) in [5.41, 5.74) is 3.37. The molecule has 192 valence electrons. The molecule has 2 rings (SSSR count). The molecule has 0 aliphatic heterocycles. The lowest BCUT2D eigenvalue weighted by atomic mass is 9.80. The van der Waals surface area contributed by atoms with Crippen molar-refractivity contribution in [3.8, 4) is 11.5 Å². The number of hydrogen-bond donors (Lipinski definition) is 2. The Balaban J connectivity index is 0.00000578. The zero-order chi connectivity index (χ0) is 25.6. The van der Waals surface area contributed by atoms with E-state index in [4.69, 9.17) is 9.05 Å². The Bertz CT molecular complexity index is 967. The molecule has 4 N–H and O–H groups in total. The maximum absolute atomic E-state index is 13.2. The van der Waals surface area contributed by atoms with Crippen molar-refractivity contribution in [2.75, 3.05) is 0 Å². The van der Waals surface area contributed by atoms with Crippen LogP contribution >= 0.6 is 7.82 Å². The van der Waals surface area contributed by atoms with Crippen LogP contribution in [0.2, 0.25) is 0 Å². The van der Waals surface area contributed by atoms with Crippen molar-refractivity contribution < 1.29 is 18.5 Å². The summed E-state index contributed by atoms with van der Waals surface area (Å²) >= 11 is 0. The number of rotatable bonds is 4. The van der Waals surface area contributed by atoms with Gasteiger partial charge in [-0.3, -0.25) is 4.89 Å². The third-order valence-corrected chi connectivity index (χ3v) is 6.59. The molecule has 0 saturated carbocycles.